The molecule has 0 spiro atoms. The van der Waals surface area contributed by atoms with E-state index in [2.05, 4.69) is 11.4 Å². The Hall–Kier alpha value is -1.08. The third kappa shape index (κ3) is 2.51. The summed E-state index contributed by atoms with van der Waals surface area (Å²) in [5, 5.41) is 21.4. The lowest BCUT2D eigenvalue weighted by Gasteiger charge is -2.35. The Labute approximate surface area is 108 Å². The zero-order valence-electron chi connectivity index (χ0n) is 10.8. The molecule has 18 heavy (non-hydrogen) atoms. The zero-order chi connectivity index (χ0) is 13.0. The number of hydrogen-bond acceptors (Lipinski definition) is 3. The fourth-order valence-electron chi connectivity index (χ4n) is 3.11. The molecule has 0 radical (unpaired) electrons. The van der Waals surface area contributed by atoms with Gasteiger partial charge >= 0.3 is 0 Å². The smallest absolute Gasteiger partial charge is 0.240 e. The summed E-state index contributed by atoms with van der Waals surface area (Å²) in [4.78, 5) is 12.0. The Morgan fingerprint density at radius 1 is 1.28 bits per heavy atom. The standard InChI is InChI=1S/C14H22N2O2/c15-10-14(6-3-7-14)13(18)16-8-11-4-1-2-5-12(11)9-17/h11-12,17H,1-9H2,(H,16,18). The van der Waals surface area contributed by atoms with Gasteiger partial charge < -0.3 is 10.4 Å². The Morgan fingerprint density at radius 2 is 1.94 bits per heavy atom. The van der Waals surface area contributed by atoms with Gasteiger partial charge in [0.25, 0.3) is 0 Å². The molecule has 2 N–H and O–H groups in total. The van der Waals surface area contributed by atoms with E-state index in [-0.39, 0.29) is 12.5 Å². The Balaban J connectivity index is 1.83. The summed E-state index contributed by atoms with van der Waals surface area (Å²) in [6, 6.07) is 2.17. The van der Waals surface area contributed by atoms with Crippen LogP contribution in [0, 0.1) is 28.6 Å². The van der Waals surface area contributed by atoms with Crippen molar-refractivity contribution in [2.75, 3.05) is 13.2 Å². The van der Waals surface area contributed by atoms with Crippen molar-refractivity contribution in [1.82, 2.24) is 5.32 Å². The van der Waals surface area contributed by atoms with E-state index in [1.54, 1.807) is 0 Å². The molecule has 0 aromatic heterocycles. The van der Waals surface area contributed by atoms with Crippen molar-refractivity contribution in [3.8, 4) is 6.07 Å². The molecular weight excluding hydrogens is 228 g/mol. The number of aliphatic hydroxyl groups is 1. The Bertz CT molecular complexity index is 344. The average Bonchev–Trinajstić information content (AvgIpc) is 2.36. The predicted octanol–water partition coefficient (Wildman–Crippen LogP) is 1.60. The maximum atomic E-state index is 12.0. The molecule has 2 saturated carbocycles. The van der Waals surface area contributed by atoms with Gasteiger partial charge in [0.05, 0.1) is 6.07 Å². The van der Waals surface area contributed by atoms with Crippen molar-refractivity contribution in [3.05, 3.63) is 0 Å². The first-order chi connectivity index (χ1) is 8.72. The molecule has 0 heterocycles. The van der Waals surface area contributed by atoms with Crippen molar-refractivity contribution < 1.29 is 9.90 Å². The second-order valence-electron chi connectivity index (χ2n) is 5.74. The molecule has 0 aliphatic heterocycles. The van der Waals surface area contributed by atoms with E-state index in [0.29, 0.717) is 31.2 Å². The first-order valence-electron chi connectivity index (χ1n) is 7.02. The summed E-state index contributed by atoms with van der Waals surface area (Å²) in [7, 11) is 0. The van der Waals surface area contributed by atoms with Crippen LogP contribution in [0.1, 0.15) is 44.9 Å². The van der Waals surface area contributed by atoms with Gasteiger partial charge in [-0.15, -0.1) is 0 Å². The number of rotatable bonds is 4. The molecule has 2 fully saturated rings. The van der Waals surface area contributed by atoms with Crippen molar-refractivity contribution in [3.63, 3.8) is 0 Å². The van der Waals surface area contributed by atoms with E-state index < -0.39 is 5.41 Å². The van der Waals surface area contributed by atoms with Gasteiger partial charge in [-0.05, 0) is 43.9 Å². The summed E-state index contributed by atoms with van der Waals surface area (Å²) in [6.45, 7) is 0.831. The molecule has 2 rings (SSSR count). The highest BCUT2D eigenvalue weighted by atomic mass is 16.3. The van der Waals surface area contributed by atoms with Gasteiger partial charge in [-0.25, -0.2) is 0 Å². The normalized spacial score (nSPS) is 30.0. The fraction of sp³-hybridized carbons (Fsp3) is 0.857. The highest BCUT2D eigenvalue weighted by Crippen LogP contribution is 2.40. The average molecular weight is 250 g/mol. The molecule has 2 aliphatic carbocycles. The van der Waals surface area contributed by atoms with E-state index in [1.807, 2.05) is 0 Å². The highest BCUT2D eigenvalue weighted by Gasteiger charge is 2.44. The zero-order valence-corrected chi connectivity index (χ0v) is 10.8. The topological polar surface area (TPSA) is 73.1 Å². The lowest BCUT2D eigenvalue weighted by atomic mass is 9.69. The van der Waals surface area contributed by atoms with Gasteiger partial charge in [0, 0.05) is 13.2 Å². The molecule has 0 bridgehead atoms. The van der Waals surface area contributed by atoms with Crippen LogP contribution in [0.3, 0.4) is 0 Å². The number of nitrogens with one attached hydrogen (secondary N) is 1. The quantitative estimate of drug-likeness (QED) is 0.796. The number of carbonyl (C=O) groups is 1. The molecule has 0 saturated heterocycles. The van der Waals surface area contributed by atoms with Gasteiger partial charge in [0.2, 0.25) is 5.91 Å². The molecule has 1 amide bonds. The highest BCUT2D eigenvalue weighted by molar-refractivity contribution is 5.86. The lowest BCUT2D eigenvalue weighted by Crippen LogP contribution is -2.47. The molecule has 2 aliphatic rings. The summed E-state index contributed by atoms with van der Waals surface area (Å²) in [5.41, 5.74) is -0.747. The van der Waals surface area contributed by atoms with Crippen molar-refractivity contribution in [1.29, 1.82) is 5.26 Å². The predicted molar refractivity (Wildman–Crippen MR) is 67.4 cm³/mol. The van der Waals surface area contributed by atoms with Crippen LogP contribution in [-0.4, -0.2) is 24.2 Å². The molecule has 100 valence electrons. The van der Waals surface area contributed by atoms with E-state index in [4.69, 9.17) is 5.26 Å². The molecular formula is C14H22N2O2. The van der Waals surface area contributed by atoms with Crippen LogP contribution >= 0.6 is 0 Å². The summed E-state index contributed by atoms with van der Waals surface area (Å²) < 4.78 is 0. The van der Waals surface area contributed by atoms with Gasteiger partial charge in [0.15, 0.2) is 0 Å². The van der Waals surface area contributed by atoms with Crippen LogP contribution in [0.15, 0.2) is 0 Å². The van der Waals surface area contributed by atoms with Crippen LogP contribution in [0.25, 0.3) is 0 Å². The minimum absolute atomic E-state index is 0.0986. The third-order valence-electron chi connectivity index (χ3n) is 4.68. The van der Waals surface area contributed by atoms with Crippen molar-refractivity contribution in [2.24, 2.45) is 17.3 Å². The van der Waals surface area contributed by atoms with E-state index in [9.17, 15) is 9.90 Å². The molecule has 2 atom stereocenters. The fourth-order valence-corrected chi connectivity index (χ4v) is 3.11. The first-order valence-corrected chi connectivity index (χ1v) is 7.02. The number of nitrogens with zero attached hydrogens (tertiary/aromatic N) is 1. The second kappa shape index (κ2) is 5.71. The Morgan fingerprint density at radius 3 is 2.44 bits per heavy atom. The second-order valence-corrected chi connectivity index (χ2v) is 5.74. The van der Waals surface area contributed by atoms with Crippen LogP contribution < -0.4 is 5.32 Å². The molecule has 4 heteroatoms. The molecule has 2 unspecified atom stereocenters. The summed E-state index contributed by atoms with van der Waals surface area (Å²) >= 11 is 0. The maximum absolute atomic E-state index is 12.0. The number of amides is 1. The number of aliphatic hydroxyl groups excluding tert-OH is 1. The van der Waals surface area contributed by atoms with Crippen molar-refractivity contribution >= 4 is 5.91 Å². The largest absolute Gasteiger partial charge is 0.396 e. The van der Waals surface area contributed by atoms with Gasteiger partial charge in [-0.1, -0.05) is 12.8 Å². The molecule has 0 aromatic rings. The van der Waals surface area contributed by atoms with Gasteiger partial charge in [0.1, 0.15) is 5.41 Å². The van der Waals surface area contributed by atoms with Gasteiger partial charge in [-0.3, -0.25) is 4.79 Å². The number of hydrogen-bond donors (Lipinski definition) is 2. The molecule has 4 nitrogen and oxygen atoms in total. The number of nitriles is 1. The minimum Gasteiger partial charge on any atom is -0.396 e. The van der Waals surface area contributed by atoms with Crippen LogP contribution in [0.5, 0.6) is 0 Å². The monoisotopic (exact) mass is 250 g/mol. The van der Waals surface area contributed by atoms with E-state index in [1.165, 1.54) is 12.8 Å². The van der Waals surface area contributed by atoms with E-state index in [0.717, 1.165) is 19.3 Å². The van der Waals surface area contributed by atoms with E-state index >= 15 is 0 Å². The van der Waals surface area contributed by atoms with Crippen LogP contribution in [0.2, 0.25) is 0 Å². The van der Waals surface area contributed by atoms with Crippen LogP contribution in [-0.2, 0) is 4.79 Å². The van der Waals surface area contributed by atoms with Crippen LogP contribution in [0.4, 0.5) is 0 Å². The molecule has 0 aromatic carbocycles. The SMILES string of the molecule is N#CC1(C(=O)NCC2CCCCC2CO)CCC1. The van der Waals surface area contributed by atoms with Gasteiger partial charge in [-0.2, -0.15) is 5.26 Å². The summed E-state index contributed by atoms with van der Waals surface area (Å²) in [6.07, 6.45) is 6.86. The minimum atomic E-state index is -0.747. The third-order valence-corrected chi connectivity index (χ3v) is 4.68. The first kappa shape index (κ1) is 13.4. The maximum Gasteiger partial charge on any atom is 0.240 e. The van der Waals surface area contributed by atoms with Crippen molar-refractivity contribution in [2.45, 2.75) is 44.9 Å². The Kier molecular flexibility index (Phi) is 4.23. The lowest BCUT2D eigenvalue weighted by molar-refractivity contribution is -0.132. The number of carbonyl (C=O) groups excluding carboxylic acids is 1. The summed E-state index contributed by atoms with van der Waals surface area (Å²) in [5.74, 6) is 0.598.